The van der Waals surface area contributed by atoms with Crippen LogP contribution < -0.4 is 10.1 Å². The van der Waals surface area contributed by atoms with Crippen molar-refractivity contribution in [1.82, 2.24) is 14.9 Å². The summed E-state index contributed by atoms with van der Waals surface area (Å²) in [7, 11) is 0. The van der Waals surface area contributed by atoms with Crippen molar-refractivity contribution in [2.24, 2.45) is 0 Å². The van der Waals surface area contributed by atoms with Gasteiger partial charge in [0.05, 0.1) is 23.2 Å². The Morgan fingerprint density at radius 3 is 3.03 bits per heavy atom. The largest absolute Gasteiger partial charge is 0.474 e. The number of halogens is 2. The first-order valence-corrected chi connectivity index (χ1v) is 10.3. The molecule has 1 fully saturated rings. The minimum Gasteiger partial charge on any atom is -0.474 e. The first-order valence-electron chi connectivity index (χ1n) is 9.05. The first kappa shape index (κ1) is 19.9. The number of thiocarbonyl (C=S) groups is 1. The fraction of sp³-hybridized carbons (Fsp3) is 0.250. The van der Waals surface area contributed by atoms with Gasteiger partial charge in [0, 0.05) is 17.6 Å². The number of anilines is 1. The standard InChI is InChI=1S/C20H18BrFN4O2S/c21-16-9-13(22)5-6-18(16)25-20(29)26-7-8-27-14(10-26)11-28-19-15-3-1-2-4-17(15)23-12-24-19/h1-6,9,12,14H,7-8,10-11H2,(H,25,29). The normalized spacial score (nSPS) is 16.6. The lowest BCUT2D eigenvalue weighted by atomic mass is 10.2. The molecule has 2 aromatic carbocycles. The average molecular weight is 477 g/mol. The van der Waals surface area contributed by atoms with Crippen molar-refractivity contribution in [2.45, 2.75) is 6.10 Å². The van der Waals surface area contributed by atoms with Crippen molar-refractivity contribution in [3.63, 3.8) is 0 Å². The molecule has 1 aromatic heterocycles. The van der Waals surface area contributed by atoms with Crippen molar-refractivity contribution in [2.75, 3.05) is 31.6 Å². The Bertz CT molecular complexity index is 1030. The second kappa shape index (κ2) is 8.98. The van der Waals surface area contributed by atoms with E-state index in [1.807, 2.05) is 29.2 Å². The number of hydrogen-bond acceptors (Lipinski definition) is 5. The summed E-state index contributed by atoms with van der Waals surface area (Å²) < 4.78 is 25.6. The molecular formula is C20H18BrFN4O2S. The van der Waals surface area contributed by atoms with Gasteiger partial charge >= 0.3 is 0 Å². The van der Waals surface area contributed by atoms with Gasteiger partial charge in [-0.3, -0.25) is 0 Å². The van der Waals surface area contributed by atoms with E-state index < -0.39 is 0 Å². The topological polar surface area (TPSA) is 59.5 Å². The molecule has 0 bridgehead atoms. The number of hydrogen-bond donors (Lipinski definition) is 1. The highest BCUT2D eigenvalue weighted by Gasteiger charge is 2.23. The summed E-state index contributed by atoms with van der Waals surface area (Å²) in [4.78, 5) is 10.5. The van der Waals surface area contributed by atoms with Gasteiger partial charge in [0.1, 0.15) is 24.9 Å². The van der Waals surface area contributed by atoms with Gasteiger partial charge in [-0.25, -0.2) is 14.4 Å². The molecule has 4 rings (SSSR count). The van der Waals surface area contributed by atoms with Crippen LogP contribution in [0.1, 0.15) is 0 Å². The van der Waals surface area contributed by atoms with Crippen LogP contribution in [0.5, 0.6) is 5.88 Å². The van der Waals surface area contributed by atoms with E-state index in [9.17, 15) is 4.39 Å². The second-order valence-corrected chi connectivity index (χ2v) is 7.74. The summed E-state index contributed by atoms with van der Waals surface area (Å²) in [5.74, 6) is 0.224. The molecule has 150 valence electrons. The highest BCUT2D eigenvalue weighted by atomic mass is 79.9. The molecule has 1 aliphatic heterocycles. The molecule has 0 saturated carbocycles. The smallest absolute Gasteiger partial charge is 0.224 e. The van der Waals surface area contributed by atoms with E-state index in [0.29, 0.717) is 47.5 Å². The minimum absolute atomic E-state index is 0.158. The Balaban J connectivity index is 1.37. The lowest BCUT2D eigenvalue weighted by Gasteiger charge is -2.34. The Hall–Kier alpha value is -2.36. The Kier molecular flexibility index (Phi) is 6.17. The minimum atomic E-state index is -0.311. The molecule has 2 heterocycles. The summed E-state index contributed by atoms with van der Waals surface area (Å²) in [5, 5.41) is 4.57. The molecule has 1 N–H and O–H groups in total. The van der Waals surface area contributed by atoms with Gasteiger partial charge in [-0.15, -0.1) is 0 Å². The third-order valence-electron chi connectivity index (χ3n) is 4.51. The molecule has 29 heavy (non-hydrogen) atoms. The predicted molar refractivity (Wildman–Crippen MR) is 117 cm³/mol. The number of rotatable bonds is 4. The number of nitrogens with zero attached hydrogens (tertiary/aromatic N) is 3. The molecule has 9 heteroatoms. The van der Waals surface area contributed by atoms with E-state index in [1.165, 1.54) is 18.5 Å². The van der Waals surface area contributed by atoms with Crippen LogP contribution in [0.25, 0.3) is 10.9 Å². The van der Waals surface area contributed by atoms with Gasteiger partial charge < -0.3 is 19.7 Å². The summed E-state index contributed by atoms with van der Waals surface area (Å²) >= 11 is 8.87. The zero-order valence-electron chi connectivity index (χ0n) is 15.3. The summed E-state index contributed by atoms with van der Waals surface area (Å²) in [5.41, 5.74) is 1.54. The van der Waals surface area contributed by atoms with E-state index in [1.54, 1.807) is 6.07 Å². The zero-order valence-corrected chi connectivity index (χ0v) is 17.7. The number of nitrogens with one attached hydrogen (secondary N) is 1. The number of morpholine rings is 1. The Morgan fingerprint density at radius 1 is 1.31 bits per heavy atom. The lowest BCUT2D eigenvalue weighted by Crippen LogP contribution is -2.49. The van der Waals surface area contributed by atoms with Crippen LogP contribution in [0, 0.1) is 5.82 Å². The van der Waals surface area contributed by atoms with Crippen LogP contribution >= 0.6 is 28.1 Å². The Labute approximate surface area is 181 Å². The molecule has 3 aromatic rings. The summed E-state index contributed by atoms with van der Waals surface area (Å²) in [6.07, 6.45) is 1.33. The Morgan fingerprint density at radius 2 is 2.17 bits per heavy atom. The van der Waals surface area contributed by atoms with Crippen molar-refractivity contribution < 1.29 is 13.9 Å². The van der Waals surface area contributed by atoms with Crippen molar-refractivity contribution >= 4 is 49.9 Å². The van der Waals surface area contributed by atoms with E-state index in [0.717, 1.165) is 10.9 Å². The number of fused-ring (bicyclic) bond motifs is 1. The molecule has 1 saturated heterocycles. The van der Waals surface area contributed by atoms with E-state index in [-0.39, 0.29) is 11.9 Å². The number of para-hydroxylation sites is 1. The van der Waals surface area contributed by atoms with Gasteiger partial charge in [-0.1, -0.05) is 12.1 Å². The molecule has 0 amide bonds. The van der Waals surface area contributed by atoms with Gasteiger partial charge in [0.2, 0.25) is 5.88 Å². The third-order valence-corrected chi connectivity index (χ3v) is 5.53. The van der Waals surface area contributed by atoms with Gasteiger partial charge in [-0.05, 0) is 58.5 Å². The zero-order chi connectivity index (χ0) is 20.2. The van der Waals surface area contributed by atoms with E-state index >= 15 is 0 Å². The van der Waals surface area contributed by atoms with E-state index in [2.05, 4.69) is 31.2 Å². The van der Waals surface area contributed by atoms with Gasteiger partial charge in [0.15, 0.2) is 5.11 Å². The SMILES string of the molecule is Fc1ccc(NC(=S)N2CCOC(COc3ncnc4ccccc34)C2)c(Br)c1. The molecule has 0 spiro atoms. The van der Waals surface area contributed by atoms with Crippen LogP contribution in [-0.2, 0) is 4.74 Å². The summed E-state index contributed by atoms with van der Waals surface area (Å²) in [6.45, 7) is 2.12. The van der Waals surface area contributed by atoms with Gasteiger partial charge in [-0.2, -0.15) is 0 Å². The highest BCUT2D eigenvalue weighted by Crippen LogP contribution is 2.24. The quantitative estimate of drug-likeness (QED) is 0.570. The number of benzene rings is 2. The average Bonchev–Trinajstić information content (AvgIpc) is 2.74. The highest BCUT2D eigenvalue weighted by molar-refractivity contribution is 9.10. The fourth-order valence-electron chi connectivity index (χ4n) is 3.06. The predicted octanol–water partition coefficient (Wildman–Crippen LogP) is 4.01. The molecule has 1 aliphatic rings. The summed E-state index contributed by atoms with van der Waals surface area (Å²) in [6, 6.07) is 12.1. The fourth-order valence-corrected chi connectivity index (χ4v) is 3.78. The van der Waals surface area contributed by atoms with Crippen molar-refractivity contribution in [1.29, 1.82) is 0 Å². The number of aromatic nitrogens is 2. The maximum Gasteiger partial charge on any atom is 0.224 e. The molecule has 0 radical (unpaired) electrons. The molecule has 0 aliphatic carbocycles. The van der Waals surface area contributed by atoms with Crippen LogP contribution in [0.4, 0.5) is 10.1 Å². The van der Waals surface area contributed by atoms with Crippen molar-refractivity contribution in [3.05, 3.63) is 59.1 Å². The molecule has 6 nitrogen and oxygen atoms in total. The third kappa shape index (κ3) is 4.80. The van der Waals surface area contributed by atoms with Crippen LogP contribution in [0.3, 0.4) is 0 Å². The monoisotopic (exact) mass is 476 g/mol. The van der Waals surface area contributed by atoms with E-state index in [4.69, 9.17) is 21.7 Å². The first-order chi connectivity index (χ1) is 14.1. The lowest BCUT2D eigenvalue weighted by molar-refractivity contribution is -0.0284. The van der Waals surface area contributed by atoms with Crippen LogP contribution in [0.15, 0.2) is 53.3 Å². The van der Waals surface area contributed by atoms with Crippen LogP contribution in [-0.4, -0.2) is 52.4 Å². The molecule has 1 atom stereocenters. The van der Waals surface area contributed by atoms with Crippen LogP contribution in [0.2, 0.25) is 0 Å². The maximum atomic E-state index is 13.3. The second-order valence-electron chi connectivity index (χ2n) is 6.50. The molecular weight excluding hydrogens is 459 g/mol. The van der Waals surface area contributed by atoms with Crippen molar-refractivity contribution in [3.8, 4) is 5.88 Å². The number of ether oxygens (including phenoxy) is 2. The van der Waals surface area contributed by atoms with Gasteiger partial charge in [0.25, 0.3) is 0 Å². The maximum absolute atomic E-state index is 13.3. The molecule has 1 unspecified atom stereocenters.